The molecular weight excluding hydrogens is 298 g/mol. The Labute approximate surface area is 125 Å². The molecule has 6 heteroatoms. The quantitative estimate of drug-likeness (QED) is 0.877. The molecule has 2 rings (SSSR count). The number of nitrogens with one attached hydrogen (secondary N) is 1. The van der Waals surface area contributed by atoms with Gasteiger partial charge in [0.2, 0.25) is 10.0 Å². The predicted molar refractivity (Wildman–Crippen MR) is 79.1 cm³/mol. The molecule has 0 spiro atoms. The fourth-order valence-corrected chi connectivity index (χ4v) is 4.58. The lowest BCUT2D eigenvalue weighted by Gasteiger charge is -2.20. The van der Waals surface area contributed by atoms with Gasteiger partial charge in [0.25, 0.3) is 0 Å². The van der Waals surface area contributed by atoms with Crippen molar-refractivity contribution in [3.8, 4) is 0 Å². The Morgan fingerprint density at radius 1 is 1.40 bits per heavy atom. The van der Waals surface area contributed by atoms with Gasteiger partial charge in [-0.2, -0.15) is 0 Å². The van der Waals surface area contributed by atoms with Gasteiger partial charge in [-0.1, -0.05) is 30.5 Å². The Hall–Kier alpha value is -0.620. The van der Waals surface area contributed by atoms with Crippen molar-refractivity contribution in [1.29, 1.82) is 0 Å². The molecule has 1 aromatic carbocycles. The number of aliphatic hydroxyl groups is 1. The summed E-state index contributed by atoms with van der Waals surface area (Å²) in [6.45, 7) is 1.69. The molecule has 0 radical (unpaired) electrons. The van der Waals surface area contributed by atoms with E-state index in [1.165, 1.54) is 12.1 Å². The minimum Gasteiger partial charge on any atom is -0.392 e. The van der Waals surface area contributed by atoms with E-state index >= 15 is 0 Å². The topological polar surface area (TPSA) is 66.4 Å². The zero-order valence-corrected chi connectivity index (χ0v) is 13.0. The van der Waals surface area contributed by atoms with Crippen molar-refractivity contribution in [1.82, 2.24) is 4.72 Å². The summed E-state index contributed by atoms with van der Waals surface area (Å²) < 4.78 is 27.5. The summed E-state index contributed by atoms with van der Waals surface area (Å²) in [7, 11) is -3.65. The number of hydrogen-bond donors (Lipinski definition) is 2. The van der Waals surface area contributed by atoms with E-state index in [-0.39, 0.29) is 22.6 Å². The molecule has 0 heterocycles. The van der Waals surface area contributed by atoms with Gasteiger partial charge < -0.3 is 5.11 Å². The minimum absolute atomic E-state index is 0.0376. The van der Waals surface area contributed by atoms with E-state index in [1.807, 2.05) is 6.92 Å². The Balaban J connectivity index is 2.21. The lowest BCUT2D eigenvalue weighted by Crippen LogP contribution is -2.37. The number of aliphatic hydroxyl groups excluding tert-OH is 1. The second-order valence-electron chi connectivity index (χ2n) is 5.38. The van der Waals surface area contributed by atoms with Crippen LogP contribution in [0.5, 0.6) is 0 Å². The molecule has 20 heavy (non-hydrogen) atoms. The number of benzene rings is 1. The number of rotatable bonds is 5. The van der Waals surface area contributed by atoms with Gasteiger partial charge in [0.1, 0.15) is 4.90 Å². The predicted octanol–water partition coefficient (Wildman–Crippen LogP) is 2.69. The summed E-state index contributed by atoms with van der Waals surface area (Å²) in [5.41, 5.74) is 0.531. The molecule has 0 amide bonds. The summed E-state index contributed by atoms with van der Waals surface area (Å²) in [6, 6.07) is 4.44. The van der Waals surface area contributed by atoms with Gasteiger partial charge in [0.05, 0.1) is 11.6 Å². The average Bonchev–Trinajstić information content (AvgIpc) is 2.92. The van der Waals surface area contributed by atoms with Gasteiger partial charge in [-0.15, -0.1) is 0 Å². The Morgan fingerprint density at radius 2 is 2.05 bits per heavy atom. The van der Waals surface area contributed by atoms with Crippen molar-refractivity contribution >= 4 is 21.6 Å². The highest BCUT2D eigenvalue weighted by atomic mass is 35.5. The fourth-order valence-electron chi connectivity index (χ4n) is 2.71. The Kier molecular flexibility index (Phi) is 5.07. The highest BCUT2D eigenvalue weighted by Gasteiger charge is 2.27. The zero-order chi connectivity index (χ0) is 14.8. The van der Waals surface area contributed by atoms with Crippen molar-refractivity contribution in [3.05, 3.63) is 28.8 Å². The van der Waals surface area contributed by atoms with Crippen LogP contribution in [0.1, 0.15) is 38.2 Å². The van der Waals surface area contributed by atoms with Crippen LogP contribution >= 0.6 is 11.6 Å². The van der Waals surface area contributed by atoms with Crippen LogP contribution in [-0.4, -0.2) is 19.6 Å². The van der Waals surface area contributed by atoms with Crippen LogP contribution in [-0.2, 0) is 16.6 Å². The van der Waals surface area contributed by atoms with Crippen LogP contribution in [0.3, 0.4) is 0 Å². The summed E-state index contributed by atoms with van der Waals surface area (Å²) in [5, 5.41) is 9.29. The molecule has 1 unspecified atom stereocenters. The van der Waals surface area contributed by atoms with Crippen LogP contribution in [0.4, 0.5) is 0 Å². The zero-order valence-electron chi connectivity index (χ0n) is 11.5. The Bertz CT molecular complexity index is 568. The molecule has 4 nitrogen and oxygen atoms in total. The summed E-state index contributed by atoms with van der Waals surface area (Å²) >= 11 is 5.98. The molecule has 0 bridgehead atoms. The highest BCUT2D eigenvalue weighted by Crippen LogP contribution is 2.29. The van der Waals surface area contributed by atoms with Gasteiger partial charge in [-0.05, 0) is 43.4 Å². The third-order valence-electron chi connectivity index (χ3n) is 3.92. The molecular formula is C14H20ClNO3S. The molecule has 1 aliphatic carbocycles. The smallest absolute Gasteiger partial charge is 0.242 e. The van der Waals surface area contributed by atoms with Crippen molar-refractivity contribution < 1.29 is 13.5 Å². The molecule has 1 aromatic rings. The van der Waals surface area contributed by atoms with E-state index in [2.05, 4.69) is 4.72 Å². The second kappa shape index (κ2) is 6.43. The third-order valence-corrected chi connectivity index (χ3v) is 5.96. The Morgan fingerprint density at radius 3 is 2.65 bits per heavy atom. The van der Waals surface area contributed by atoms with Crippen LogP contribution in [0.2, 0.25) is 5.02 Å². The third kappa shape index (κ3) is 3.52. The highest BCUT2D eigenvalue weighted by molar-refractivity contribution is 7.89. The van der Waals surface area contributed by atoms with Gasteiger partial charge in [-0.25, -0.2) is 13.1 Å². The molecule has 0 aromatic heterocycles. The molecule has 1 saturated carbocycles. The average molecular weight is 318 g/mol. The van der Waals surface area contributed by atoms with Crippen LogP contribution < -0.4 is 4.72 Å². The summed E-state index contributed by atoms with van der Waals surface area (Å²) in [5.74, 6) is 0.393. The molecule has 2 N–H and O–H groups in total. The SMILES string of the molecule is CC(NS(=O)(=O)c1cc(CO)ccc1Cl)C1CCCC1. The number of sulfonamides is 1. The van der Waals surface area contributed by atoms with Crippen molar-refractivity contribution in [2.75, 3.05) is 0 Å². The first-order chi connectivity index (χ1) is 9.44. The molecule has 0 aliphatic heterocycles. The minimum atomic E-state index is -3.65. The van der Waals surface area contributed by atoms with Crippen LogP contribution in [0.15, 0.2) is 23.1 Å². The van der Waals surface area contributed by atoms with Crippen molar-refractivity contribution in [2.24, 2.45) is 5.92 Å². The first-order valence-electron chi connectivity index (χ1n) is 6.85. The maximum absolute atomic E-state index is 12.4. The summed E-state index contributed by atoms with van der Waals surface area (Å²) in [6.07, 6.45) is 4.46. The molecule has 1 fully saturated rings. The lowest BCUT2D eigenvalue weighted by atomic mass is 10.0. The first-order valence-corrected chi connectivity index (χ1v) is 8.72. The number of halogens is 1. The lowest BCUT2D eigenvalue weighted by molar-refractivity contribution is 0.281. The van der Waals surface area contributed by atoms with E-state index in [0.717, 1.165) is 25.7 Å². The molecule has 0 saturated heterocycles. The van der Waals surface area contributed by atoms with Crippen molar-refractivity contribution in [2.45, 2.75) is 50.2 Å². The normalized spacial score (nSPS) is 18.4. The van der Waals surface area contributed by atoms with Crippen LogP contribution in [0.25, 0.3) is 0 Å². The van der Waals surface area contributed by atoms with Crippen LogP contribution in [0, 0.1) is 5.92 Å². The number of hydrogen-bond acceptors (Lipinski definition) is 3. The van der Waals surface area contributed by atoms with E-state index in [4.69, 9.17) is 16.7 Å². The first kappa shape index (κ1) is 15.8. The second-order valence-corrected chi connectivity index (χ2v) is 7.47. The maximum atomic E-state index is 12.4. The monoisotopic (exact) mass is 317 g/mol. The molecule has 1 atom stereocenters. The summed E-state index contributed by atoms with van der Waals surface area (Å²) in [4.78, 5) is 0.0376. The van der Waals surface area contributed by atoms with E-state index in [1.54, 1.807) is 6.07 Å². The van der Waals surface area contributed by atoms with E-state index in [9.17, 15) is 8.42 Å². The van der Waals surface area contributed by atoms with Gasteiger partial charge in [0.15, 0.2) is 0 Å². The van der Waals surface area contributed by atoms with Crippen molar-refractivity contribution in [3.63, 3.8) is 0 Å². The molecule has 1 aliphatic rings. The van der Waals surface area contributed by atoms with E-state index < -0.39 is 10.0 Å². The van der Waals surface area contributed by atoms with Gasteiger partial charge >= 0.3 is 0 Å². The van der Waals surface area contributed by atoms with Gasteiger partial charge in [-0.3, -0.25) is 0 Å². The fraction of sp³-hybridized carbons (Fsp3) is 0.571. The van der Waals surface area contributed by atoms with E-state index in [0.29, 0.717) is 11.5 Å². The van der Waals surface area contributed by atoms with Gasteiger partial charge in [0, 0.05) is 6.04 Å². The standard InChI is InChI=1S/C14H20ClNO3S/c1-10(12-4-2-3-5-12)16-20(18,19)14-8-11(9-17)6-7-13(14)15/h6-8,10,12,16-17H,2-5,9H2,1H3. The molecule has 112 valence electrons. The maximum Gasteiger partial charge on any atom is 0.242 e. The largest absolute Gasteiger partial charge is 0.392 e.